The highest BCUT2D eigenvalue weighted by atomic mass is 16.5. The van der Waals surface area contributed by atoms with Gasteiger partial charge < -0.3 is 15.6 Å². The number of nitrogens with two attached hydrogens (primary N) is 1. The van der Waals surface area contributed by atoms with Crippen LogP contribution in [0, 0.1) is 6.92 Å². The van der Waals surface area contributed by atoms with Crippen LogP contribution in [0.5, 0.6) is 0 Å². The van der Waals surface area contributed by atoms with E-state index in [2.05, 4.69) is 10.5 Å². The van der Waals surface area contributed by atoms with Gasteiger partial charge in [-0.2, -0.15) is 0 Å². The van der Waals surface area contributed by atoms with Crippen molar-refractivity contribution in [3.8, 4) is 0 Å². The van der Waals surface area contributed by atoms with Crippen LogP contribution < -0.4 is 11.1 Å². The second-order valence-electron chi connectivity index (χ2n) is 3.14. The molecule has 1 aromatic heterocycles. The number of rotatable bonds is 4. The van der Waals surface area contributed by atoms with Crippen molar-refractivity contribution in [1.29, 1.82) is 0 Å². The molecular formula is C9H15N3O2. The van der Waals surface area contributed by atoms with E-state index in [0.717, 1.165) is 6.42 Å². The summed E-state index contributed by atoms with van der Waals surface area (Å²) in [7, 11) is 0. The zero-order valence-electron chi connectivity index (χ0n) is 8.41. The summed E-state index contributed by atoms with van der Waals surface area (Å²) >= 11 is 0. The lowest BCUT2D eigenvalue weighted by Gasteiger charge is -2.12. The Labute approximate surface area is 82.6 Å². The minimum absolute atomic E-state index is 0.000457. The summed E-state index contributed by atoms with van der Waals surface area (Å²) in [5.41, 5.74) is 5.76. The van der Waals surface area contributed by atoms with E-state index >= 15 is 0 Å². The highest BCUT2D eigenvalue weighted by molar-refractivity contribution is 5.92. The molecule has 0 radical (unpaired) electrons. The number of hydrogen-bond donors (Lipinski definition) is 2. The van der Waals surface area contributed by atoms with E-state index in [0.29, 0.717) is 18.0 Å². The van der Waals surface area contributed by atoms with Gasteiger partial charge in [0.1, 0.15) is 5.76 Å². The first kappa shape index (κ1) is 10.7. The maximum atomic E-state index is 11.5. The Balaban J connectivity index is 2.58. The van der Waals surface area contributed by atoms with E-state index < -0.39 is 0 Å². The fourth-order valence-corrected chi connectivity index (χ4v) is 1.06. The average Bonchev–Trinajstić information content (AvgIpc) is 2.61. The molecule has 0 saturated carbocycles. The number of carbonyl (C=O) groups excluding carboxylic acids is 1. The Morgan fingerprint density at radius 1 is 1.79 bits per heavy atom. The Morgan fingerprint density at radius 2 is 2.50 bits per heavy atom. The maximum Gasteiger partial charge on any atom is 0.273 e. The molecule has 0 aromatic carbocycles. The van der Waals surface area contributed by atoms with Crippen molar-refractivity contribution in [2.75, 3.05) is 6.54 Å². The highest BCUT2D eigenvalue weighted by Gasteiger charge is 2.13. The Hall–Kier alpha value is -1.36. The molecule has 0 aliphatic heterocycles. The van der Waals surface area contributed by atoms with Crippen molar-refractivity contribution in [3.05, 3.63) is 17.5 Å². The van der Waals surface area contributed by atoms with Crippen molar-refractivity contribution >= 4 is 5.91 Å². The third kappa shape index (κ3) is 2.56. The summed E-state index contributed by atoms with van der Waals surface area (Å²) in [4.78, 5) is 11.5. The van der Waals surface area contributed by atoms with Gasteiger partial charge >= 0.3 is 0 Å². The Bertz CT molecular complexity index is 305. The van der Waals surface area contributed by atoms with Crippen molar-refractivity contribution < 1.29 is 9.32 Å². The van der Waals surface area contributed by atoms with Gasteiger partial charge in [0.2, 0.25) is 0 Å². The van der Waals surface area contributed by atoms with Gasteiger partial charge in [0.15, 0.2) is 5.69 Å². The summed E-state index contributed by atoms with van der Waals surface area (Å²) in [5.74, 6) is 0.384. The number of nitrogens with one attached hydrogen (secondary N) is 1. The molecule has 1 heterocycles. The third-order valence-corrected chi connectivity index (χ3v) is 1.97. The summed E-state index contributed by atoms with van der Waals surface area (Å²) in [6.07, 6.45) is 0.805. The Morgan fingerprint density at radius 3 is 2.93 bits per heavy atom. The van der Waals surface area contributed by atoms with Crippen molar-refractivity contribution in [2.24, 2.45) is 5.73 Å². The van der Waals surface area contributed by atoms with Crippen LogP contribution in [0.4, 0.5) is 0 Å². The zero-order chi connectivity index (χ0) is 10.6. The first-order valence-electron chi connectivity index (χ1n) is 4.61. The van der Waals surface area contributed by atoms with Crippen LogP contribution in [0.1, 0.15) is 29.6 Å². The van der Waals surface area contributed by atoms with Gasteiger partial charge in [-0.25, -0.2) is 0 Å². The maximum absolute atomic E-state index is 11.5. The lowest BCUT2D eigenvalue weighted by Crippen LogP contribution is -2.39. The first-order valence-corrected chi connectivity index (χ1v) is 4.61. The number of hydrogen-bond acceptors (Lipinski definition) is 4. The smallest absolute Gasteiger partial charge is 0.273 e. The van der Waals surface area contributed by atoms with E-state index in [-0.39, 0.29) is 11.9 Å². The number of amides is 1. The molecule has 1 unspecified atom stereocenters. The molecule has 1 amide bonds. The van der Waals surface area contributed by atoms with Gasteiger partial charge in [-0.15, -0.1) is 0 Å². The highest BCUT2D eigenvalue weighted by Crippen LogP contribution is 2.01. The van der Waals surface area contributed by atoms with Crippen LogP contribution in [0.15, 0.2) is 10.6 Å². The molecule has 0 fully saturated rings. The summed E-state index contributed by atoms with van der Waals surface area (Å²) in [6.45, 7) is 4.13. The second-order valence-corrected chi connectivity index (χ2v) is 3.14. The fraction of sp³-hybridized carbons (Fsp3) is 0.556. The minimum Gasteiger partial charge on any atom is -0.361 e. The number of aryl methyl sites for hydroxylation is 1. The molecule has 0 spiro atoms. The van der Waals surface area contributed by atoms with E-state index in [1.807, 2.05) is 6.92 Å². The zero-order valence-corrected chi connectivity index (χ0v) is 8.41. The summed E-state index contributed by atoms with van der Waals surface area (Å²) in [5, 5.41) is 6.37. The molecule has 0 saturated heterocycles. The standard InChI is InChI=1S/C9H15N3O2/c1-3-7(5-10)11-9(13)8-4-6(2)14-12-8/h4,7H,3,5,10H2,1-2H3,(H,11,13). The minimum atomic E-state index is -0.237. The van der Waals surface area contributed by atoms with Crippen molar-refractivity contribution in [2.45, 2.75) is 26.3 Å². The molecule has 78 valence electrons. The van der Waals surface area contributed by atoms with E-state index in [1.165, 1.54) is 0 Å². The predicted octanol–water partition coefficient (Wildman–Crippen LogP) is 0.450. The molecule has 0 bridgehead atoms. The molecule has 1 aromatic rings. The normalized spacial score (nSPS) is 12.5. The van der Waals surface area contributed by atoms with Gasteiger partial charge in [0.25, 0.3) is 5.91 Å². The van der Waals surface area contributed by atoms with E-state index in [4.69, 9.17) is 10.3 Å². The van der Waals surface area contributed by atoms with Gasteiger partial charge in [-0.05, 0) is 13.3 Å². The lowest BCUT2D eigenvalue weighted by molar-refractivity contribution is 0.0928. The van der Waals surface area contributed by atoms with Crippen LogP contribution in [-0.2, 0) is 0 Å². The number of nitrogens with zero attached hydrogens (tertiary/aromatic N) is 1. The van der Waals surface area contributed by atoms with Crippen LogP contribution in [0.25, 0.3) is 0 Å². The van der Waals surface area contributed by atoms with Crippen molar-refractivity contribution in [3.63, 3.8) is 0 Å². The SMILES string of the molecule is CCC(CN)NC(=O)c1cc(C)on1. The van der Waals surface area contributed by atoms with Crippen LogP contribution >= 0.6 is 0 Å². The predicted molar refractivity (Wildman–Crippen MR) is 51.8 cm³/mol. The van der Waals surface area contributed by atoms with Crippen LogP contribution in [-0.4, -0.2) is 23.7 Å². The largest absolute Gasteiger partial charge is 0.361 e. The fourth-order valence-electron chi connectivity index (χ4n) is 1.06. The average molecular weight is 197 g/mol. The van der Waals surface area contributed by atoms with Crippen LogP contribution in [0.3, 0.4) is 0 Å². The van der Waals surface area contributed by atoms with Gasteiger partial charge in [-0.1, -0.05) is 12.1 Å². The quantitative estimate of drug-likeness (QED) is 0.734. The monoisotopic (exact) mass is 197 g/mol. The topological polar surface area (TPSA) is 81.1 Å². The summed E-state index contributed by atoms with van der Waals surface area (Å²) < 4.78 is 4.79. The molecule has 14 heavy (non-hydrogen) atoms. The van der Waals surface area contributed by atoms with Gasteiger partial charge in [0, 0.05) is 18.7 Å². The number of carbonyl (C=O) groups is 1. The molecule has 1 atom stereocenters. The second kappa shape index (κ2) is 4.76. The number of aromatic nitrogens is 1. The van der Waals surface area contributed by atoms with Gasteiger partial charge in [-0.3, -0.25) is 4.79 Å². The molecule has 5 nitrogen and oxygen atoms in total. The summed E-state index contributed by atoms with van der Waals surface area (Å²) in [6, 6.07) is 1.60. The third-order valence-electron chi connectivity index (χ3n) is 1.97. The Kier molecular flexibility index (Phi) is 3.64. The van der Waals surface area contributed by atoms with E-state index in [9.17, 15) is 4.79 Å². The van der Waals surface area contributed by atoms with Gasteiger partial charge in [0.05, 0.1) is 0 Å². The first-order chi connectivity index (χ1) is 6.67. The molecule has 0 aliphatic carbocycles. The lowest BCUT2D eigenvalue weighted by atomic mass is 10.2. The molecular weight excluding hydrogens is 182 g/mol. The molecule has 0 aliphatic rings. The molecule has 1 rings (SSSR count). The van der Waals surface area contributed by atoms with Crippen molar-refractivity contribution in [1.82, 2.24) is 10.5 Å². The molecule has 5 heteroatoms. The molecule has 3 N–H and O–H groups in total. The van der Waals surface area contributed by atoms with Crippen LogP contribution in [0.2, 0.25) is 0 Å². The van der Waals surface area contributed by atoms with E-state index in [1.54, 1.807) is 13.0 Å².